The Hall–Kier alpha value is -6.65. The van der Waals surface area contributed by atoms with Gasteiger partial charge in [-0.2, -0.15) is 0 Å². The van der Waals surface area contributed by atoms with Crippen LogP contribution in [0, 0.1) is 17.7 Å². The maximum atomic E-state index is 16.2. The first-order valence-corrected chi connectivity index (χ1v) is 23.6. The van der Waals surface area contributed by atoms with Gasteiger partial charge >= 0.3 is 5.69 Å². The van der Waals surface area contributed by atoms with Crippen molar-refractivity contribution in [1.29, 1.82) is 0 Å². The molecule has 66 heavy (non-hydrogen) atoms. The van der Waals surface area contributed by atoms with E-state index in [9.17, 15) is 24.0 Å². The van der Waals surface area contributed by atoms with Crippen LogP contribution in [0.3, 0.4) is 0 Å². The molecule has 0 bridgehead atoms. The first-order chi connectivity index (χ1) is 32.1. The minimum absolute atomic E-state index is 0.0274. The molecule has 3 atom stereocenters. The number of aryl methyl sites for hydroxylation is 2. The minimum Gasteiger partial charge on any atom is -0.357 e. The van der Waals surface area contributed by atoms with Crippen molar-refractivity contribution in [2.45, 2.75) is 89.1 Å². The number of carbonyl (C=O) groups is 4. The lowest BCUT2D eigenvalue weighted by Crippen LogP contribution is -2.44. The topological polar surface area (TPSA) is 176 Å². The number of piperidine rings is 4. The molecular weight excluding hydrogens is 842 g/mol. The lowest BCUT2D eigenvalue weighted by atomic mass is 9.86. The van der Waals surface area contributed by atoms with Gasteiger partial charge < -0.3 is 19.7 Å². The van der Waals surface area contributed by atoms with E-state index < -0.39 is 11.9 Å². The van der Waals surface area contributed by atoms with Gasteiger partial charge in [0.1, 0.15) is 17.6 Å². The van der Waals surface area contributed by atoms with Crippen LogP contribution in [0.5, 0.6) is 0 Å². The number of nitrogens with zero attached hydrogens (tertiary/aromatic N) is 9. The number of aromatic nitrogens is 7. The van der Waals surface area contributed by atoms with Crippen molar-refractivity contribution in [3.63, 3.8) is 0 Å². The summed E-state index contributed by atoms with van der Waals surface area (Å²) in [6, 6.07) is 14.6. The number of H-pyrrole nitrogens is 1. The van der Waals surface area contributed by atoms with Gasteiger partial charge in [-0.1, -0.05) is 23.4 Å². The maximum absolute atomic E-state index is 16.2. The molecule has 4 aliphatic heterocycles. The van der Waals surface area contributed by atoms with E-state index in [0.717, 1.165) is 81.4 Å². The molecule has 4 amide bonds. The molecule has 17 heteroatoms. The zero-order chi connectivity index (χ0) is 45.5. The Bertz CT molecular complexity index is 2840. The van der Waals surface area contributed by atoms with Crippen LogP contribution in [0.25, 0.3) is 33.1 Å². The van der Waals surface area contributed by atoms with Crippen molar-refractivity contribution in [3.8, 4) is 11.1 Å². The van der Waals surface area contributed by atoms with Gasteiger partial charge in [0.2, 0.25) is 17.7 Å². The highest BCUT2D eigenvalue weighted by molar-refractivity contribution is 6.00. The third kappa shape index (κ3) is 8.62. The average molecular weight is 898 g/mol. The largest absolute Gasteiger partial charge is 0.357 e. The SMILES string of the molecule is Cn1c(=O)n(C2CCC(=O)NC2=O)c2ccc(-c3ccc(N4CCC(CC[C@H]5CCCN(C(=O)c6cc7ccc([C@H]8CCCN(C(=O)CCn9ccnn9)C8)c(F)c7[nH]6)C5)CC4)nc3)cc21. The Morgan fingerprint density at radius 2 is 1.64 bits per heavy atom. The third-order valence-corrected chi connectivity index (χ3v) is 14.7. The molecule has 2 aromatic carbocycles. The fourth-order valence-corrected chi connectivity index (χ4v) is 10.9. The number of likely N-dealkylation sites (tertiary alicyclic amines) is 2. The Labute approximate surface area is 381 Å². The zero-order valence-electron chi connectivity index (χ0n) is 37.3. The van der Waals surface area contributed by atoms with Gasteiger partial charge in [0, 0.05) is 88.4 Å². The first kappa shape index (κ1) is 43.3. The Morgan fingerprint density at radius 3 is 2.42 bits per heavy atom. The molecule has 16 nitrogen and oxygen atoms in total. The molecule has 0 aliphatic carbocycles. The molecule has 4 aliphatic rings. The number of nitrogens with one attached hydrogen (secondary N) is 2. The number of carbonyl (C=O) groups excluding carboxylic acids is 4. The van der Waals surface area contributed by atoms with Crippen molar-refractivity contribution in [2.75, 3.05) is 44.2 Å². The second-order valence-electron chi connectivity index (χ2n) is 18.8. The lowest BCUT2D eigenvalue weighted by Gasteiger charge is -2.35. The quantitative estimate of drug-likeness (QED) is 0.149. The van der Waals surface area contributed by atoms with Gasteiger partial charge in [-0.05, 0) is 111 Å². The number of aromatic amines is 1. The number of imide groups is 1. The predicted molar refractivity (Wildman–Crippen MR) is 246 cm³/mol. The van der Waals surface area contributed by atoms with E-state index in [0.29, 0.717) is 84.2 Å². The van der Waals surface area contributed by atoms with E-state index in [-0.39, 0.29) is 48.0 Å². The summed E-state index contributed by atoms with van der Waals surface area (Å²) in [7, 11) is 1.70. The van der Waals surface area contributed by atoms with Crippen molar-refractivity contribution in [3.05, 3.63) is 94.7 Å². The van der Waals surface area contributed by atoms with Gasteiger partial charge in [-0.3, -0.25) is 38.3 Å². The minimum atomic E-state index is -0.727. The van der Waals surface area contributed by atoms with E-state index in [1.165, 1.54) is 4.57 Å². The molecule has 8 heterocycles. The van der Waals surface area contributed by atoms with Crippen LogP contribution < -0.4 is 15.9 Å². The number of fused-ring (bicyclic) bond motifs is 2. The third-order valence-electron chi connectivity index (χ3n) is 14.7. The predicted octanol–water partition coefficient (Wildman–Crippen LogP) is 5.94. The van der Waals surface area contributed by atoms with Crippen LogP contribution in [-0.4, -0.2) is 107 Å². The van der Waals surface area contributed by atoms with Crippen LogP contribution in [-0.2, 0) is 28.0 Å². The van der Waals surface area contributed by atoms with Crippen LogP contribution in [0.15, 0.2) is 71.9 Å². The van der Waals surface area contributed by atoms with Crippen LogP contribution in [0.4, 0.5) is 10.2 Å². The van der Waals surface area contributed by atoms with Crippen molar-refractivity contribution in [1.82, 2.24) is 49.2 Å². The average Bonchev–Trinajstić information content (AvgIpc) is 4.10. The fraction of sp³-hybridized carbons (Fsp3) is 0.469. The second kappa shape index (κ2) is 18.3. The van der Waals surface area contributed by atoms with E-state index in [1.54, 1.807) is 34.8 Å². The van der Waals surface area contributed by atoms with Crippen molar-refractivity contribution < 1.29 is 23.6 Å². The first-order valence-electron chi connectivity index (χ1n) is 23.6. The van der Waals surface area contributed by atoms with E-state index in [1.807, 2.05) is 46.3 Å². The summed E-state index contributed by atoms with van der Waals surface area (Å²) in [5.74, 6) is 0.688. The van der Waals surface area contributed by atoms with Crippen LogP contribution in [0.1, 0.15) is 98.6 Å². The molecule has 0 spiro atoms. The highest BCUT2D eigenvalue weighted by Crippen LogP contribution is 2.35. The molecule has 344 valence electrons. The van der Waals surface area contributed by atoms with Gasteiger partial charge in [-0.25, -0.2) is 14.2 Å². The number of hydrogen-bond donors (Lipinski definition) is 2. The Kier molecular flexibility index (Phi) is 12.0. The molecular formula is C49H56FN11O5. The maximum Gasteiger partial charge on any atom is 0.329 e. The summed E-state index contributed by atoms with van der Waals surface area (Å²) in [5, 5.41) is 10.8. The number of hydrogen-bond acceptors (Lipinski definition) is 9. The number of amides is 4. The van der Waals surface area contributed by atoms with Gasteiger partial charge in [0.15, 0.2) is 5.82 Å². The zero-order valence-corrected chi connectivity index (χ0v) is 37.3. The second-order valence-corrected chi connectivity index (χ2v) is 18.8. The monoisotopic (exact) mass is 897 g/mol. The number of pyridine rings is 1. The van der Waals surface area contributed by atoms with E-state index >= 15 is 4.39 Å². The molecule has 4 fully saturated rings. The summed E-state index contributed by atoms with van der Waals surface area (Å²) in [5.41, 5.74) is 4.25. The highest BCUT2D eigenvalue weighted by atomic mass is 19.1. The molecule has 6 aromatic rings. The number of halogens is 1. The molecule has 4 saturated heterocycles. The molecule has 10 rings (SSSR count). The number of rotatable bonds is 11. The fourth-order valence-electron chi connectivity index (χ4n) is 10.9. The van der Waals surface area contributed by atoms with E-state index in [2.05, 4.69) is 37.6 Å². The summed E-state index contributed by atoms with van der Waals surface area (Å²) >= 11 is 0. The lowest BCUT2D eigenvalue weighted by molar-refractivity contribution is -0.136. The van der Waals surface area contributed by atoms with Crippen LogP contribution in [0.2, 0.25) is 0 Å². The van der Waals surface area contributed by atoms with Gasteiger partial charge in [-0.15, -0.1) is 5.10 Å². The number of benzene rings is 2. The summed E-state index contributed by atoms with van der Waals surface area (Å²) < 4.78 is 20.9. The Balaban J connectivity index is 0.707. The number of imidazole rings is 1. The molecule has 4 aromatic heterocycles. The van der Waals surface area contributed by atoms with Crippen molar-refractivity contribution >= 4 is 51.4 Å². The Morgan fingerprint density at radius 1 is 0.833 bits per heavy atom. The van der Waals surface area contributed by atoms with E-state index in [4.69, 9.17) is 4.98 Å². The summed E-state index contributed by atoms with van der Waals surface area (Å²) in [6.07, 6.45) is 14.0. The van der Waals surface area contributed by atoms with Gasteiger partial charge in [0.25, 0.3) is 5.91 Å². The summed E-state index contributed by atoms with van der Waals surface area (Å²) in [6.45, 7) is 4.82. The normalized spacial score (nSPS) is 20.9. The molecule has 2 N–H and O–H groups in total. The number of anilines is 1. The van der Waals surface area contributed by atoms with Crippen LogP contribution >= 0.6 is 0 Å². The molecule has 0 radical (unpaired) electrons. The summed E-state index contributed by atoms with van der Waals surface area (Å²) in [4.78, 5) is 78.6. The highest BCUT2D eigenvalue weighted by Gasteiger charge is 2.33. The standard InChI is InChI=1S/C49H56FN11O5/c1-56-41-27-33(9-12-39(41)61(49(56)66)40-13-15-43(62)54-47(40)64)35-10-14-42(51-28-35)57-22-16-31(17-23-57)6-7-32-4-2-21-59(29-32)48(65)38-26-34-8-11-37(45(50)46(34)53-38)36-5-3-20-58(30-36)44(63)18-24-60-25-19-52-55-60/h8-12,14,19,25-28,31-32,36,40,53H,2-7,13,15-18,20-24,29-30H2,1H3,(H,54,62,64)/t32-,36+,40?/m1/s1. The molecule has 1 unspecified atom stereocenters. The molecule has 0 saturated carbocycles. The van der Waals surface area contributed by atoms with Gasteiger partial charge in [0.05, 0.1) is 29.3 Å². The van der Waals surface area contributed by atoms with Crippen molar-refractivity contribution in [2.24, 2.45) is 18.9 Å². The smallest absolute Gasteiger partial charge is 0.329 e.